The standard InChI is InChI=1S/C19H18N2O4S/c20-9-15-14-7-6-13(12-4-2-1-3-5-12)8-16(14)26-19(15)21-17(22)10-25-11-18(23)24/h1-5,13H,6-8,10-11H2,(H,21,22)(H,23,24)/t13-/m0/s1. The highest BCUT2D eigenvalue weighted by Gasteiger charge is 2.27. The van der Waals surface area contributed by atoms with E-state index < -0.39 is 18.5 Å². The van der Waals surface area contributed by atoms with Crippen LogP contribution in [0.3, 0.4) is 0 Å². The first kappa shape index (κ1) is 18.1. The topological polar surface area (TPSA) is 99.4 Å². The van der Waals surface area contributed by atoms with Crippen LogP contribution in [0.5, 0.6) is 0 Å². The summed E-state index contributed by atoms with van der Waals surface area (Å²) in [5.41, 5.74) is 2.83. The summed E-state index contributed by atoms with van der Waals surface area (Å²) in [6.45, 7) is -0.884. The first-order valence-corrected chi connectivity index (χ1v) is 9.09. The molecule has 2 aromatic rings. The van der Waals surface area contributed by atoms with Crippen LogP contribution in [-0.2, 0) is 27.2 Å². The number of rotatable bonds is 6. The second-order valence-corrected chi connectivity index (χ2v) is 7.21. The molecule has 0 bridgehead atoms. The summed E-state index contributed by atoms with van der Waals surface area (Å²) in [6, 6.07) is 12.5. The van der Waals surface area contributed by atoms with Gasteiger partial charge >= 0.3 is 5.97 Å². The molecule has 0 saturated carbocycles. The van der Waals surface area contributed by atoms with Crippen LogP contribution in [0.25, 0.3) is 0 Å². The third kappa shape index (κ3) is 4.10. The van der Waals surface area contributed by atoms with Crippen LogP contribution in [0.1, 0.15) is 33.9 Å². The molecular weight excluding hydrogens is 352 g/mol. The number of hydrogen-bond acceptors (Lipinski definition) is 5. The van der Waals surface area contributed by atoms with Crippen molar-refractivity contribution in [1.29, 1.82) is 5.26 Å². The molecule has 0 radical (unpaired) electrons. The fourth-order valence-electron chi connectivity index (χ4n) is 3.20. The summed E-state index contributed by atoms with van der Waals surface area (Å²) in [4.78, 5) is 23.5. The molecule has 0 unspecified atom stereocenters. The molecule has 1 aliphatic carbocycles. The number of anilines is 1. The number of carboxylic acids is 1. The number of nitrogens with one attached hydrogen (secondary N) is 1. The molecular formula is C19H18N2O4S. The molecule has 6 nitrogen and oxygen atoms in total. The summed E-state index contributed by atoms with van der Waals surface area (Å²) in [5.74, 6) is -1.17. The molecule has 7 heteroatoms. The zero-order chi connectivity index (χ0) is 18.5. The average Bonchev–Trinajstić information content (AvgIpc) is 2.98. The lowest BCUT2D eigenvalue weighted by atomic mass is 9.83. The Morgan fingerprint density at radius 1 is 1.31 bits per heavy atom. The molecule has 2 N–H and O–H groups in total. The minimum atomic E-state index is -1.13. The minimum Gasteiger partial charge on any atom is -0.480 e. The van der Waals surface area contributed by atoms with Gasteiger partial charge in [0.15, 0.2) is 0 Å². The highest BCUT2D eigenvalue weighted by Crippen LogP contribution is 2.42. The highest BCUT2D eigenvalue weighted by atomic mass is 32.1. The number of thiophene rings is 1. The molecule has 0 saturated heterocycles. The van der Waals surface area contributed by atoms with Gasteiger partial charge < -0.3 is 15.2 Å². The maximum Gasteiger partial charge on any atom is 0.329 e. The van der Waals surface area contributed by atoms with Gasteiger partial charge in [-0.25, -0.2) is 4.79 Å². The number of aliphatic carboxylic acids is 1. The van der Waals surface area contributed by atoms with Gasteiger partial charge in [0.05, 0.1) is 5.56 Å². The number of nitriles is 1. The van der Waals surface area contributed by atoms with Gasteiger partial charge in [0.2, 0.25) is 0 Å². The summed E-state index contributed by atoms with van der Waals surface area (Å²) in [7, 11) is 0. The van der Waals surface area contributed by atoms with Crippen molar-refractivity contribution in [2.45, 2.75) is 25.2 Å². The van der Waals surface area contributed by atoms with Gasteiger partial charge in [-0.15, -0.1) is 11.3 Å². The van der Waals surface area contributed by atoms with Gasteiger partial charge in [-0.05, 0) is 36.3 Å². The Balaban J connectivity index is 1.72. The van der Waals surface area contributed by atoms with Crippen molar-refractivity contribution in [3.05, 3.63) is 51.9 Å². The third-order valence-electron chi connectivity index (χ3n) is 4.36. The number of carbonyl (C=O) groups excluding carboxylic acids is 1. The van der Waals surface area contributed by atoms with Gasteiger partial charge in [-0.2, -0.15) is 5.26 Å². The molecule has 0 aliphatic heterocycles. The smallest absolute Gasteiger partial charge is 0.329 e. The zero-order valence-corrected chi connectivity index (χ0v) is 14.8. The number of nitrogens with zero attached hydrogens (tertiary/aromatic N) is 1. The Hall–Kier alpha value is -2.69. The molecule has 1 amide bonds. The zero-order valence-electron chi connectivity index (χ0n) is 14.0. The van der Waals surface area contributed by atoms with E-state index in [0.29, 0.717) is 16.5 Å². The number of hydrogen-bond donors (Lipinski definition) is 2. The van der Waals surface area contributed by atoms with Crippen molar-refractivity contribution in [2.75, 3.05) is 18.5 Å². The second kappa shape index (κ2) is 8.13. The predicted molar refractivity (Wildman–Crippen MR) is 97.3 cm³/mol. The number of ether oxygens (including phenoxy) is 1. The van der Waals surface area contributed by atoms with Crippen LogP contribution < -0.4 is 5.32 Å². The maximum absolute atomic E-state index is 11.9. The van der Waals surface area contributed by atoms with Crippen LogP contribution in [0, 0.1) is 11.3 Å². The van der Waals surface area contributed by atoms with E-state index in [2.05, 4.69) is 23.5 Å². The summed E-state index contributed by atoms with van der Waals surface area (Å²) >= 11 is 1.43. The van der Waals surface area contributed by atoms with Crippen LogP contribution >= 0.6 is 11.3 Å². The average molecular weight is 370 g/mol. The second-order valence-electron chi connectivity index (χ2n) is 6.10. The van der Waals surface area contributed by atoms with Gasteiger partial charge in [0.1, 0.15) is 24.3 Å². The summed E-state index contributed by atoms with van der Waals surface area (Å²) < 4.78 is 4.79. The van der Waals surface area contributed by atoms with Crippen LogP contribution in [-0.4, -0.2) is 30.2 Å². The monoisotopic (exact) mass is 370 g/mol. The number of amides is 1. The molecule has 0 spiro atoms. The minimum absolute atomic E-state index is 0.355. The Morgan fingerprint density at radius 2 is 2.08 bits per heavy atom. The van der Waals surface area contributed by atoms with E-state index in [-0.39, 0.29) is 6.61 Å². The fraction of sp³-hybridized carbons (Fsp3) is 0.316. The molecule has 0 fully saturated rings. The summed E-state index contributed by atoms with van der Waals surface area (Å²) in [6.07, 6.45) is 2.63. The van der Waals surface area contributed by atoms with Crippen LogP contribution in [0.2, 0.25) is 0 Å². The van der Waals surface area contributed by atoms with Crippen molar-refractivity contribution in [3.8, 4) is 6.07 Å². The van der Waals surface area contributed by atoms with Gasteiger partial charge in [0, 0.05) is 4.88 Å². The van der Waals surface area contributed by atoms with E-state index in [1.165, 1.54) is 16.9 Å². The van der Waals surface area contributed by atoms with Crippen molar-refractivity contribution < 1.29 is 19.4 Å². The first-order valence-electron chi connectivity index (χ1n) is 8.27. The van der Waals surface area contributed by atoms with E-state index in [9.17, 15) is 14.9 Å². The summed E-state index contributed by atoms with van der Waals surface area (Å²) in [5, 5.41) is 21.2. The van der Waals surface area contributed by atoms with Crippen LogP contribution in [0.15, 0.2) is 30.3 Å². The molecule has 1 aromatic carbocycles. The Kier molecular flexibility index (Phi) is 5.66. The fourth-order valence-corrected chi connectivity index (χ4v) is 4.49. The van der Waals surface area contributed by atoms with E-state index in [1.807, 2.05) is 18.2 Å². The number of fused-ring (bicyclic) bond motifs is 1. The quantitative estimate of drug-likeness (QED) is 0.814. The number of carbonyl (C=O) groups is 2. The SMILES string of the molecule is N#Cc1c(NC(=O)COCC(=O)O)sc2c1CC[C@H](c1ccccc1)C2. The van der Waals surface area contributed by atoms with Crippen molar-refractivity contribution in [1.82, 2.24) is 0 Å². The lowest BCUT2D eigenvalue weighted by molar-refractivity contribution is -0.143. The van der Waals surface area contributed by atoms with Crippen LogP contribution in [0.4, 0.5) is 5.00 Å². The van der Waals surface area contributed by atoms with Gasteiger partial charge in [-0.3, -0.25) is 4.79 Å². The normalized spacial score (nSPS) is 15.7. The first-order chi connectivity index (χ1) is 12.6. The third-order valence-corrected chi connectivity index (χ3v) is 5.53. The van der Waals surface area contributed by atoms with E-state index in [4.69, 9.17) is 9.84 Å². The highest BCUT2D eigenvalue weighted by molar-refractivity contribution is 7.16. The lowest BCUT2D eigenvalue weighted by Gasteiger charge is -2.22. The molecule has 1 heterocycles. The Labute approximate surface area is 155 Å². The maximum atomic E-state index is 11.9. The van der Waals surface area contributed by atoms with Gasteiger partial charge in [0.25, 0.3) is 5.91 Å². The Bertz CT molecular complexity index is 854. The van der Waals surface area contributed by atoms with E-state index in [1.54, 1.807) is 0 Å². The van der Waals surface area contributed by atoms with E-state index in [0.717, 1.165) is 29.7 Å². The van der Waals surface area contributed by atoms with Crippen molar-refractivity contribution in [3.63, 3.8) is 0 Å². The van der Waals surface area contributed by atoms with E-state index >= 15 is 0 Å². The molecule has 3 rings (SSSR count). The molecule has 1 atom stereocenters. The van der Waals surface area contributed by atoms with Crippen molar-refractivity contribution >= 4 is 28.2 Å². The molecule has 26 heavy (non-hydrogen) atoms. The number of benzene rings is 1. The molecule has 134 valence electrons. The van der Waals surface area contributed by atoms with Crippen molar-refractivity contribution in [2.24, 2.45) is 0 Å². The largest absolute Gasteiger partial charge is 0.480 e. The lowest BCUT2D eigenvalue weighted by Crippen LogP contribution is -2.20. The van der Waals surface area contributed by atoms with Gasteiger partial charge in [-0.1, -0.05) is 30.3 Å². The number of carboxylic acid groups (broad SMARTS) is 1. The molecule has 1 aromatic heterocycles. The molecule has 1 aliphatic rings. The Morgan fingerprint density at radius 3 is 2.77 bits per heavy atom. The predicted octanol–water partition coefficient (Wildman–Crippen LogP) is 2.93.